The second kappa shape index (κ2) is 5.61. The van der Waals surface area contributed by atoms with Crippen molar-refractivity contribution in [3.05, 3.63) is 29.8 Å². The van der Waals surface area contributed by atoms with Crippen LogP contribution in [-0.2, 0) is 21.2 Å². The first-order chi connectivity index (χ1) is 8.62. The summed E-state index contributed by atoms with van der Waals surface area (Å²) in [6.45, 7) is 4.86. The Labute approximate surface area is 113 Å². The number of aryl methyl sites for hydroxylation is 1. The van der Waals surface area contributed by atoms with Gasteiger partial charge in [0.15, 0.2) is 0 Å². The van der Waals surface area contributed by atoms with E-state index in [0.717, 1.165) is 5.56 Å². The molecule has 1 aromatic carbocycles. The van der Waals surface area contributed by atoms with Crippen LogP contribution in [0.1, 0.15) is 32.8 Å². The number of carboxylic acid groups (broad SMARTS) is 1. The van der Waals surface area contributed by atoms with Crippen LogP contribution in [0.2, 0.25) is 0 Å². The number of carbonyl (C=O) groups is 1. The SMILES string of the molecule is CC(C)(C)S(=O)(=O)Nc1ccc(CCC(=O)O)cc1. The molecule has 0 aliphatic carbocycles. The maximum atomic E-state index is 11.9. The molecule has 0 aliphatic rings. The number of benzene rings is 1. The average Bonchev–Trinajstić information content (AvgIpc) is 2.26. The number of sulfonamides is 1. The van der Waals surface area contributed by atoms with Crippen LogP contribution < -0.4 is 4.72 Å². The van der Waals surface area contributed by atoms with Gasteiger partial charge < -0.3 is 5.11 Å². The average molecular weight is 285 g/mol. The zero-order valence-electron chi connectivity index (χ0n) is 11.3. The summed E-state index contributed by atoms with van der Waals surface area (Å²) in [6.07, 6.45) is 0.495. The quantitative estimate of drug-likeness (QED) is 0.869. The van der Waals surface area contributed by atoms with Crippen LogP contribution in [0, 0.1) is 0 Å². The van der Waals surface area contributed by atoms with Crippen molar-refractivity contribution in [2.45, 2.75) is 38.4 Å². The highest BCUT2D eigenvalue weighted by atomic mass is 32.2. The number of carboxylic acids is 1. The van der Waals surface area contributed by atoms with Crippen molar-refractivity contribution < 1.29 is 18.3 Å². The van der Waals surface area contributed by atoms with Gasteiger partial charge in [-0.1, -0.05) is 12.1 Å². The predicted molar refractivity (Wildman–Crippen MR) is 74.7 cm³/mol. The normalized spacial score (nSPS) is 12.2. The Bertz CT molecular complexity index is 541. The van der Waals surface area contributed by atoms with E-state index in [1.165, 1.54) is 0 Å². The summed E-state index contributed by atoms with van der Waals surface area (Å²) < 4.78 is 25.5. The zero-order chi connectivity index (χ0) is 14.7. The van der Waals surface area contributed by atoms with Gasteiger partial charge in [-0.2, -0.15) is 0 Å². The molecule has 1 rings (SSSR count). The van der Waals surface area contributed by atoms with Gasteiger partial charge in [-0.15, -0.1) is 0 Å². The summed E-state index contributed by atoms with van der Waals surface area (Å²) in [5.74, 6) is -0.850. The summed E-state index contributed by atoms with van der Waals surface area (Å²) >= 11 is 0. The van der Waals surface area contributed by atoms with Gasteiger partial charge >= 0.3 is 5.97 Å². The van der Waals surface area contributed by atoms with Gasteiger partial charge in [0.25, 0.3) is 0 Å². The van der Waals surface area contributed by atoms with Crippen LogP contribution in [0.5, 0.6) is 0 Å². The molecule has 0 aliphatic heterocycles. The monoisotopic (exact) mass is 285 g/mol. The van der Waals surface area contributed by atoms with Crippen LogP contribution >= 0.6 is 0 Å². The van der Waals surface area contributed by atoms with Crippen molar-refractivity contribution in [3.8, 4) is 0 Å². The van der Waals surface area contributed by atoms with Crippen molar-refractivity contribution >= 4 is 21.7 Å². The standard InChI is InChI=1S/C13H19NO4S/c1-13(2,3)19(17,18)14-11-7-4-10(5-8-11)6-9-12(15)16/h4-5,7-8,14H,6,9H2,1-3H3,(H,15,16). The lowest BCUT2D eigenvalue weighted by Gasteiger charge is -2.20. The molecule has 0 radical (unpaired) electrons. The van der Waals surface area contributed by atoms with Crippen LogP contribution in [0.15, 0.2) is 24.3 Å². The molecule has 0 bridgehead atoms. The second-order valence-electron chi connectivity index (χ2n) is 5.31. The molecule has 0 atom stereocenters. The minimum atomic E-state index is -3.43. The number of hydrogen-bond donors (Lipinski definition) is 2. The highest BCUT2D eigenvalue weighted by Crippen LogP contribution is 2.20. The van der Waals surface area contributed by atoms with E-state index in [4.69, 9.17) is 5.11 Å². The maximum Gasteiger partial charge on any atom is 0.303 e. The Hall–Kier alpha value is -1.56. The third kappa shape index (κ3) is 4.55. The minimum absolute atomic E-state index is 0.0626. The van der Waals surface area contributed by atoms with Crippen LogP contribution in [0.3, 0.4) is 0 Å². The molecule has 1 aromatic rings. The molecule has 19 heavy (non-hydrogen) atoms. The molecular formula is C13H19NO4S. The molecule has 0 aromatic heterocycles. The molecule has 5 nitrogen and oxygen atoms in total. The molecule has 6 heteroatoms. The molecule has 0 saturated heterocycles. The Kier molecular flexibility index (Phi) is 4.57. The molecule has 0 fully saturated rings. The summed E-state index contributed by atoms with van der Waals surface area (Å²) in [6, 6.07) is 6.73. The Balaban J connectivity index is 2.75. The lowest BCUT2D eigenvalue weighted by Crippen LogP contribution is -2.33. The Morgan fingerprint density at radius 1 is 1.21 bits per heavy atom. The van der Waals surface area contributed by atoms with E-state index >= 15 is 0 Å². The summed E-state index contributed by atoms with van der Waals surface area (Å²) in [5.41, 5.74) is 1.34. The highest BCUT2D eigenvalue weighted by Gasteiger charge is 2.28. The summed E-state index contributed by atoms with van der Waals surface area (Å²) in [7, 11) is -3.43. The van der Waals surface area contributed by atoms with Crippen molar-refractivity contribution in [2.75, 3.05) is 4.72 Å². The van der Waals surface area contributed by atoms with Crippen molar-refractivity contribution in [3.63, 3.8) is 0 Å². The van der Waals surface area contributed by atoms with E-state index in [1.807, 2.05) is 0 Å². The second-order valence-corrected chi connectivity index (χ2v) is 7.74. The van der Waals surface area contributed by atoms with Crippen molar-refractivity contribution in [2.24, 2.45) is 0 Å². The first kappa shape index (κ1) is 15.5. The maximum absolute atomic E-state index is 11.9. The van der Waals surface area contributed by atoms with E-state index in [0.29, 0.717) is 12.1 Å². The fourth-order valence-electron chi connectivity index (χ4n) is 1.30. The van der Waals surface area contributed by atoms with E-state index < -0.39 is 20.7 Å². The summed E-state index contributed by atoms with van der Waals surface area (Å²) in [5, 5.41) is 8.58. The van der Waals surface area contributed by atoms with Gasteiger partial charge in [-0.3, -0.25) is 9.52 Å². The fourth-order valence-corrected chi connectivity index (χ4v) is 2.05. The van der Waals surface area contributed by atoms with E-state index in [-0.39, 0.29) is 6.42 Å². The first-order valence-corrected chi connectivity index (χ1v) is 7.43. The number of nitrogens with one attached hydrogen (secondary N) is 1. The first-order valence-electron chi connectivity index (χ1n) is 5.95. The van der Waals surface area contributed by atoms with E-state index in [2.05, 4.69) is 4.72 Å². The predicted octanol–water partition coefficient (Wildman–Crippen LogP) is 2.24. The topological polar surface area (TPSA) is 83.5 Å². The fraction of sp³-hybridized carbons (Fsp3) is 0.462. The van der Waals surface area contributed by atoms with Crippen LogP contribution in [0.25, 0.3) is 0 Å². The lowest BCUT2D eigenvalue weighted by atomic mass is 10.1. The molecule has 2 N–H and O–H groups in total. The van der Waals surface area contributed by atoms with E-state index in [1.54, 1.807) is 45.0 Å². The molecule has 0 spiro atoms. The smallest absolute Gasteiger partial charge is 0.303 e. The van der Waals surface area contributed by atoms with Crippen molar-refractivity contribution in [1.29, 1.82) is 0 Å². The van der Waals surface area contributed by atoms with Gasteiger partial charge in [0, 0.05) is 12.1 Å². The minimum Gasteiger partial charge on any atom is -0.481 e. The molecule has 106 valence electrons. The molecule has 0 unspecified atom stereocenters. The highest BCUT2D eigenvalue weighted by molar-refractivity contribution is 7.94. The van der Waals surface area contributed by atoms with Gasteiger partial charge in [0.05, 0.1) is 4.75 Å². The zero-order valence-corrected chi connectivity index (χ0v) is 12.1. The lowest BCUT2D eigenvalue weighted by molar-refractivity contribution is -0.136. The number of hydrogen-bond acceptors (Lipinski definition) is 3. The Morgan fingerprint density at radius 3 is 2.16 bits per heavy atom. The number of aliphatic carboxylic acids is 1. The van der Waals surface area contributed by atoms with Gasteiger partial charge in [-0.25, -0.2) is 8.42 Å². The number of rotatable bonds is 5. The largest absolute Gasteiger partial charge is 0.481 e. The molecule has 0 saturated carbocycles. The molecule has 0 heterocycles. The van der Waals surface area contributed by atoms with Crippen molar-refractivity contribution in [1.82, 2.24) is 0 Å². The van der Waals surface area contributed by atoms with Gasteiger partial charge in [0.1, 0.15) is 0 Å². The van der Waals surface area contributed by atoms with Crippen LogP contribution in [0.4, 0.5) is 5.69 Å². The van der Waals surface area contributed by atoms with Gasteiger partial charge in [-0.05, 0) is 44.9 Å². The summed E-state index contributed by atoms with van der Waals surface area (Å²) in [4.78, 5) is 10.4. The van der Waals surface area contributed by atoms with Crippen LogP contribution in [-0.4, -0.2) is 24.2 Å². The Morgan fingerprint density at radius 2 is 1.74 bits per heavy atom. The third-order valence-corrected chi connectivity index (χ3v) is 4.76. The molecular weight excluding hydrogens is 266 g/mol. The number of anilines is 1. The molecule has 0 amide bonds. The van der Waals surface area contributed by atoms with E-state index in [9.17, 15) is 13.2 Å². The third-order valence-electron chi connectivity index (χ3n) is 2.64. The van der Waals surface area contributed by atoms with Gasteiger partial charge in [0.2, 0.25) is 10.0 Å².